The monoisotopic (exact) mass is 607 g/mol. The zero-order chi connectivity index (χ0) is 31.0. The van der Waals surface area contributed by atoms with Crippen molar-refractivity contribution in [1.29, 1.82) is 0 Å². The van der Waals surface area contributed by atoms with Gasteiger partial charge >= 0.3 is 0 Å². The molecule has 0 bridgehead atoms. The lowest BCUT2D eigenvalue weighted by Crippen LogP contribution is -1.85. The Hall–Kier alpha value is -0.0400. The van der Waals surface area contributed by atoms with Gasteiger partial charge < -0.3 is 5.11 Å². The molecule has 0 saturated carbocycles. The highest BCUT2D eigenvalue weighted by molar-refractivity contribution is 4.53. The third-order valence-corrected chi connectivity index (χ3v) is 10.0. The summed E-state index contributed by atoms with van der Waals surface area (Å²) in [4.78, 5) is 0. The van der Waals surface area contributed by atoms with E-state index in [2.05, 4.69) is 6.92 Å². The molecule has 0 aromatic heterocycles. The van der Waals surface area contributed by atoms with Gasteiger partial charge in [0.1, 0.15) is 0 Å². The minimum atomic E-state index is 0.375. The van der Waals surface area contributed by atoms with Crippen LogP contribution in [0.4, 0.5) is 0 Å². The molecule has 1 heteroatoms. The molecular formula is C42H86O. The lowest BCUT2D eigenvalue weighted by molar-refractivity contribution is 0.282. The number of rotatable bonds is 40. The maximum atomic E-state index is 8.80. The highest BCUT2D eigenvalue weighted by Crippen LogP contribution is 2.17. The first kappa shape index (κ1) is 43.0. The molecule has 1 nitrogen and oxygen atoms in total. The van der Waals surface area contributed by atoms with E-state index in [0.717, 1.165) is 6.42 Å². The molecule has 0 aliphatic carbocycles. The Kier molecular flexibility index (Phi) is 41.9. The minimum absolute atomic E-state index is 0.375. The van der Waals surface area contributed by atoms with Gasteiger partial charge in [-0.1, -0.05) is 257 Å². The largest absolute Gasteiger partial charge is 0.396 e. The van der Waals surface area contributed by atoms with Crippen molar-refractivity contribution in [3.63, 3.8) is 0 Å². The van der Waals surface area contributed by atoms with Crippen LogP contribution in [0, 0.1) is 0 Å². The van der Waals surface area contributed by atoms with Crippen LogP contribution in [0.5, 0.6) is 0 Å². The van der Waals surface area contributed by atoms with Crippen LogP contribution in [0.1, 0.15) is 264 Å². The van der Waals surface area contributed by atoms with Crippen molar-refractivity contribution in [3.8, 4) is 0 Å². The summed E-state index contributed by atoms with van der Waals surface area (Å²) in [6, 6.07) is 0. The third-order valence-electron chi connectivity index (χ3n) is 10.0. The quantitative estimate of drug-likeness (QED) is 0.0688. The number of aliphatic hydroxyl groups is 1. The van der Waals surface area contributed by atoms with Gasteiger partial charge in [0.2, 0.25) is 0 Å². The Morgan fingerprint density at radius 1 is 0.186 bits per heavy atom. The van der Waals surface area contributed by atoms with Gasteiger partial charge in [0.15, 0.2) is 0 Å². The van der Waals surface area contributed by atoms with Gasteiger partial charge in [-0.25, -0.2) is 0 Å². The first-order chi connectivity index (χ1) is 21.4. The van der Waals surface area contributed by atoms with Gasteiger partial charge in [-0.15, -0.1) is 0 Å². The molecule has 0 spiro atoms. The standard InChI is InChI=1S/C42H86O/c1-2-3-4-5-6-7-8-9-10-11-12-13-14-15-16-17-18-19-20-21-22-23-24-25-26-27-28-29-30-31-32-33-34-35-36-37-38-39-40-41-42-43/h43H,2-42H2,1H3. The normalized spacial score (nSPS) is 11.6. The predicted octanol–water partition coefficient (Wildman–Crippen LogP) is 15.6. The first-order valence-corrected chi connectivity index (χ1v) is 21.0. The smallest absolute Gasteiger partial charge is 0.0431 e. The van der Waals surface area contributed by atoms with Crippen molar-refractivity contribution in [3.05, 3.63) is 0 Å². The van der Waals surface area contributed by atoms with Gasteiger partial charge in [0.25, 0.3) is 0 Å². The van der Waals surface area contributed by atoms with Crippen molar-refractivity contribution >= 4 is 0 Å². The summed E-state index contributed by atoms with van der Waals surface area (Å²) in [5.41, 5.74) is 0. The zero-order valence-electron chi connectivity index (χ0n) is 30.4. The second-order valence-corrected chi connectivity index (χ2v) is 14.5. The van der Waals surface area contributed by atoms with Gasteiger partial charge in [0, 0.05) is 6.61 Å². The summed E-state index contributed by atoms with van der Waals surface area (Å²) < 4.78 is 0. The third kappa shape index (κ3) is 42.0. The molecule has 0 amide bonds. The van der Waals surface area contributed by atoms with Crippen LogP contribution in [-0.2, 0) is 0 Å². The van der Waals surface area contributed by atoms with Crippen LogP contribution in [0.2, 0.25) is 0 Å². The Bertz CT molecular complexity index is 406. The van der Waals surface area contributed by atoms with Crippen molar-refractivity contribution in [2.24, 2.45) is 0 Å². The molecule has 1 N–H and O–H groups in total. The molecule has 0 aliphatic heterocycles. The summed E-state index contributed by atoms with van der Waals surface area (Å²) in [5.74, 6) is 0. The van der Waals surface area contributed by atoms with Crippen LogP contribution in [0.15, 0.2) is 0 Å². The highest BCUT2D eigenvalue weighted by atomic mass is 16.2. The molecule has 0 unspecified atom stereocenters. The lowest BCUT2D eigenvalue weighted by Gasteiger charge is -2.05. The average molecular weight is 607 g/mol. The summed E-state index contributed by atoms with van der Waals surface area (Å²) in [6.07, 6.45) is 58.0. The molecule has 260 valence electrons. The number of hydrogen-bond donors (Lipinski definition) is 1. The second kappa shape index (κ2) is 42.0. The maximum Gasteiger partial charge on any atom is 0.0431 e. The summed E-state index contributed by atoms with van der Waals surface area (Å²) in [6.45, 7) is 2.68. The zero-order valence-corrected chi connectivity index (χ0v) is 30.4. The molecule has 0 aliphatic rings. The fraction of sp³-hybridized carbons (Fsp3) is 1.00. The van der Waals surface area contributed by atoms with Crippen molar-refractivity contribution in [2.75, 3.05) is 6.61 Å². The fourth-order valence-corrected chi connectivity index (χ4v) is 6.90. The Balaban J connectivity index is 3.02. The van der Waals surface area contributed by atoms with E-state index in [-0.39, 0.29) is 0 Å². The first-order valence-electron chi connectivity index (χ1n) is 21.0. The van der Waals surface area contributed by atoms with E-state index in [9.17, 15) is 0 Å². The van der Waals surface area contributed by atoms with Crippen LogP contribution in [0.3, 0.4) is 0 Å². The number of unbranched alkanes of at least 4 members (excludes halogenated alkanes) is 39. The van der Waals surface area contributed by atoms with Crippen molar-refractivity contribution in [1.82, 2.24) is 0 Å². The Labute approximate surface area is 274 Å². The molecule has 0 rings (SSSR count). The van der Waals surface area contributed by atoms with Crippen LogP contribution in [-0.4, -0.2) is 11.7 Å². The van der Waals surface area contributed by atoms with Crippen molar-refractivity contribution < 1.29 is 5.11 Å². The van der Waals surface area contributed by atoms with Crippen LogP contribution in [0.25, 0.3) is 0 Å². The van der Waals surface area contributed by atoms with E-state index in [4.69, 9.17) is 5.11 Å². The van der Waals surface area contributed by atoms with Crippen LogP contribution >= 0.6 is 0 Å². The molecule has 0 radical (unpaired) electrons. The highest BCUT2D eigenvalue weighted by Gasteiger charge is 1.98. The summed E-state index contributed by atoms with van der Waals surface area (Å²) in [7, 11) is 0. The van der Waals surface area contributed by atoms with Gasteiger partial charge in [-0.05, 0) is 6.42 Å². The summed E-state index contributed by atoms with van der Waals surface area (Å²) in [5, 5.41) is 8.80. The SMILES string of the molecule is CCCCCCCCCCCCCCCCCCCCCCCCCCCCCCCCCCCCCCCCCCO. The van der Waals surface area contributed by atoms with E-state index in [1.54, 1.807) is 0 Å². The van der Waals surface area contributed by atoms with Crippen LogP contribution < -0.4 is 0 Å². The molecule has 43 heavy (non-hydrogen) atoms. The topological polar surface area (TPSA) is 20.2 Å². The van der Waals surface area contributed by atoms with E-state index < -0.39 is 0 Å². The van der Waals surface area contributed by atoms with Gasteiger partial charge in [-0.3, -0.25) is 0 Å². The van der Waals surface area contributed by atoms with E-state index in [1.165, 1.54) is 250 Å². The predicted molar refractivity (Wildman–Crippen MR) is 197 cm³/mol. The molecule has 0 aromatic carbocycles. The molecule has 0 saturated heterocycles. The van der Waals surface area contributed by atoms with Gasteiger partial charge in [0.05, 0.1) is 0 Å². The Morgan fingerprint density at radius 3 is 0.419 bits per heavy atom. The lowest BCUT2D eigenvalue weighted by atomic mass is 10.0. The Morgan fingerprint density at radius 2 is 0.302 bits per heavy atom. The molecule has 0 aromatic rings. The average Bonchev–Trinajstić information content (AvgIpc) is 3.02. The number of hydrogen-bond acceptors (Lipinski definition) is 1. The fourth-order valence-electron chi connectivity index (χ4n) is 6.90. The minimum Gasteiger partial charge on any atom is -0.396 e. The van der Waals surface area contributed by atoms with E-state index in [0.29, 0.717) is 6.61 Å². The van der Waals surface area contributed by atoms with Crippen molar-refractivity contribution in [2.45, 2.75) is 264 Å². The number of aliphatic hydroxyl groups excluding tert-OH is 1. The molecule has 0 fully saturated rings. The molecule has 0 heterocycles. The molecule has 0 atom stereocenters. The van der Waals surface area contributed by atoms with E-state index in [1.807, 2.05) is 0 Å². The summed E-state index contributed by atoms with van der Waals surface area (Å²) >= 11 is 0. The molecular weight excluding hydrogens is 520 g/mol. The van der Waals surface area contributed by atoms with E-state index >= 15 is 0 Å². The van der Waals surface area contributed by atoms with Gasteiger partial charge in [-0.2, -0.15) is 0 Å². The maximum absolute atomic E-state index is 8.80. The second-order valence-electron chi connectivity index (χ2n) is 14.5.